The molecule has 28 heavy (non-hydrogen) atoms. The van der Waals surface area contributed by atoms with Crippen molar-refractivity contribution in [3.05, 3.63) is 54.0 Å². The van der Waals surface area contributed by atoms with Gasteiger partial charge in [0.2, 0.25) is 5.91 Å². The quantitative estimate of drug-likeness (QED) is 0.629. The molecule has 3 heterocycles. The Morgan fingerprint density at radius 1 is 1.32 bits per heavy atom. The van der Waals surface area contributed by atoms with E-state index in [2.05, 4.69) is 15.3 Å². The van der Waals surface area contributed by atoms with Gasteiger partial charge in [-0.2, -0.15) is 0 Å². The van der Waals surface area contributed by atoms with E-state index in [9.17, 15) is 19.5 Å². The van der Waals surface area contributed by atoms with Crippen LogP contribution >= 0.6 is 0 Å². The number of β-lactam (4-membered cyclic amide) rings is 1. The minimum absolute atomic E-state index is 0.178. The number of amides is 3. The predicted molar refractivity (Wildman–Crippen MR) is 100 cm³/mol. The number of carbonyl (C=O) groups is 3. The van der Waals surface area contributed by atoms with E-state index >= 15 is 0 Å². The molecule has 3 unspecified atom stereocenters. The highest BCUT2D eigenvalue weighted by Crippen LogP contribution is 2.30. The lowest BCUT2D eigenvalue weighted by atomic mass is 9.82. The maximum absolute atomic E-state index is 12.5. The van der Waals surface area contributed by atoms with E-state index in [1.807, 2.05) is 6.07 Å². The number of pyridine rings is 2. The number of imide groups is 1. The molecule has 2 aromatic heterocycles. The SMILES string of the molecule is CC(Cc1cccnc1)NC(=O)N1C(=O)C(Cc2ccnc(N)c2)C1C(=O)O. The molecule has 9 nitrogen and oxygen atoms in total. The summed E-state index contributed by atoms with van der Waals surface area (Å²) in [6.45, 7) is 1.78. The molecule has 0 radical (unpaired) electrons. The fraction of sp³-hybridized carbons (Fsp3) is 0.316. The number of nitrogens with zero attached hydrogens (tertiary/aromatic N) is 3. The molecular weight excluding hydrogens is 362 g/mol. The second-order valence-electron chi connectivity index (χ2n) is 6.81. The molecule has 1 fully saturated rings. The van der Waals surface area contributed by atoms with Gasteiger partial charge in [-0.15, -0.1) is 0 Å². The zero-order chi connectivity index (χ0) is 20.3. The average molecular weight is 383 g/mol. The van der Waals surface area contributed by atoms with E-state index in [0.717, 1.165) is 10.5 Å². The molecule has 4 N–H and O–H groups in total. The molecule has 9 heteroatoms. The van der Waals surface area contributed by atoms with Gasteiger partial charge >= 0.3 is 12.0 Å². The Bertz CT molecular complexity index is 889. The average Bonchev–Trinajstić information content (AvgIpc) is 2.64. The van der Waals surface area contributed by atoms with Crippen LogP contribution in [0.1, 0.15) is 18.1 Å². The first-order valence-corrected chi connectivity index (χ1v) is 8.82. The molecule has 3 rings (SSSR count). The standard InChI is InChI=1S/C19H21N5O4/c1-11(7-13-3-2-5-21-10-13)23-19(28)24-16(18(26)27)14(17(24)25)8-12-4-6-22-15(20)9-12/h2-6,9-11,14,16H,7-8H2,1H3,(H2,20,22)(H,23,28)(H,26,27). The largest absolute Gasteiger partial charge is 0.480 e. The molecule has 0 spiro atoms. The molecule has 0 aromatic carbocycles. The predicted octanol–water partition coefficient (Wildman–Crippen LogP) is 0.854. The number of nitrogens with two attached hydrogens (primary N) is 1. The second-order valence-corrected chi connectivity index (χ2v) is 6.81. The fourth-order valence-corrected chi connectivity index (χ4v) is 3.34. The summed E-state index contributed by atoms with van der Waals surface area (Å²) < 4.78 is 0. The van der Waals surface area contributed by atoms with Crippen molar-refractivity contribution in [2.24, 2.45) is 5.92 Å². The molecular formula is C19H21N5O4. The van der Waals surface area contributed by atoms with Crippen LogP contribution in [0.15, 0.2) is 42.9 Å². The number of carbonyl (C=O) groups excluding carboxylic acids is 2. The Kier molecular flexibility index (Phi) is 5.53. The van der Waals surface area contributed by atoms with E-state index in [4.69, 9.17) is 5.73 Å². The third-order valence-corrected chi connectivity index (χ3v) is 4.62. The Morgan fingerprint density at radius 3 is 2.75 bits per heavy atom. The number of anilines is 1. The highest BCUT2D eigenvalue weighted by molar-refractivity contribution is 6.07. The van der Waals surface area contributed by atoms with Crippen LogP contribution in [0, 0.1) is 5.92 Å². The van der Waals surface area contributed by atoms with Crippen molar-refractivity contribution in [3.63, 3.8) is 0 Å². The highest BCUT2D eigenvalue weighted by atomic mass is 16.4. The first kappa shape index (κ1) is 19.3. The summed E-state index contributed by atoms with van der Waals surface area (Å²) >= 11 is 0. The molecule has 0 aliphatic carbocycles. The molecule has 1 aliphatic heterocycles. The van der Waals surface area contributed by atoms with Crippen LogP contribution in [0.5, 0.6) is 0 Å². The number of urea groups is 1. The molecule has 1 aliphatic rings. The van der Waals surface area contributed by atoms with Crippen LogP contribution in [-0.2, 0) is 22.4 Å². The van der Waals surface area contributed by atoms with Gasteiger partial charge in [0.25, 0.3) is 0 Å². The van der Waals surface area contributed by atoms with Crippen LogP contribution < -0.4 is 11.1 Å². The number of rotatable bonds is 6. The van der Waals surface area contributed by atoms with Gasteiger partial charge in [-0.3, -0.25) is 9.78 Å². The summed E-state index contributed by atoms with van der Waals surface area (Å²) in [7, 11) is 0. The lowest BCUT2D eigenvalue weighted by molar-refractivity contribution is -0.165. The van der Waals surface area contributed by atoms with Crippen molar-refractivity contribution in [2.45, 2.75) is 31.8 Å². The van der Waals surface area contributed by atoms with Crippen molar-refractivity contribution in [2.75, 3.05) is 5.73 Å². The first-order valence-electron chi connectivity index (χ1n) is 8.82. The van der Waals surface area contributed by atoms with Crippen molar-refractivity contribution < 1.29 is 19.5 Å². The first-order chi connectivity index (χ1) is 13.4. The number of hydrogen-bond acceptors (Lipinski definition) is 6. The minimum Gasteiger partial charge on any atom is -0.480 e. The van der Waals surface area contributed by atoms with Crippen LogP contribution in [0.4, 0.5) is 10.6 Å². The summed E-state index contributed by atoms with van der Waals surface area (Å²) in [5.41, 5.74) is 7.25. The van der Waals surface area contributed by atoms with Crippen LogP contribution in [0.2, 0.25) is 0 Å². The van der Waals surface area contributed by atoms with Gasteiger partial charge in [0.1, 0.15) is 5.82 Å². The highest BCUT2D eigenvalue weighted by Gasteiger charge is 2.54. The van der Waals surface area contributed by atoms with Crippen molar-refractivity contribution in [1.29, 1.82) is 0 Å². The summed E-state index contributed by atoms with van der Waals surface area (Å²) in [6.07, 6.45) is 5.53. The number of aliphatic carboxylic acids is 1. The van der Waals surface area contributed by atoms with Gasteiger partial charge in [0, 0.05) is 24.6 Å². The molecule has 1 saturated heterocycles. The number of nitrogens with one attached hydrogen (secondary N) is 1. The number of carboxylic acids is 1. The zero-order valence-corrected chi connectivity index (χ0v) is 15.3. The van der Waals surface area contributed by atoms with E-state index in [1.54, 1.807) is 37.5 Å². The third-order valence-electron chi connectivity index (χ3n) is 4.62. The zero-order valence-electron chi connectivity index (χ0n) is 15.3. The maximum Gasteiger partial charge on any atom is 0.327 e. The topological polar surface area (TPSA) is 139 Å². The van der Waals surface area contributed by atoms with Gasteiger partial charge in [0.15, 0.2) is 6.04 Å². The lowest BCUT2D eigenvalue weighted by Crippen LogP contribution is -2.69. The van der Waals surface area contributed by atoms with E-state index < -0.39 is 29.9 Å². The van der Waals surface area contributed by atoms with Gasteiger partial charge in [-0.25, -0.2) is 19.5 Å². The van der Waals surface area contributed by atoms with Crippen molar-refractivity contribution in [1.82, 2.24) is 20.2 Å². The molecule has 0 saturated carbocycles. The van der Waals surface area contributed by atoms with Gasteiger partial charge in [-0.1, -0.05) is 6.07 Å². The Morgan fingerprint density at radius 2 is 2.11 bits per heavy atom. The molecule has 2 aromatic rings. The van der Waals surface area contributed by atoms with Crippen molar-refractivity contribution in [3.8, 4) is 0 Å². The van der Waals surface area contributed by atoms with E-state index in [-0.39, 0.29) is 18.3 Å². The molecule has 3 amide bonds. The lowest BCUT2D eigenvalue weighted by Gasteiger charge is -2.43. The Balaban J connectivity index is 1.65. The third kappa shape index (κ3) is 4.08. The summed E-state index contributed by atoms with van der Waals surface area (Å²) in [6, 6.07) is 4.71. The van der Waals surface area contributed by atoms with Gasteiger partial charge < -0.3 is 16.2 Å². The summed E-state index contributed by atoms with van der Waals surface area (Å²) in [4.78, 5) is 45.3. The second kappa shape index (κ2) is 8.03. The monoisotopic (exact) mass is 383 g/mol. The number of nitrogen functional groups attached to an aromatic ring is 1. The summed E-state index contributed by atoms with van der Waals surface area (Å²) in [5, 5.41) is 12.2. The number of likely N-dealkylation sites (tertiary alicyclic amines) is 1. The molecule has 3 atom stereocenters. The molecule has 146 valence electrons. The number of aromatic nitrogens is 2. The van der Waals surface area contributed by atoms with Crippen molar-refractivity contribution >= 4 is 23.7 Å². The minimum atomic E-state index is -1.22. The normalized spacial score (nSPS) is 19.6. The van der Waals surface area contributed by atoms with Gasteiger partial charge in [-0.05, 0) is 49.1 Å². The molecule has 0 bridgehead atoms. The fourth-order valence-electron chi connectivity index (χ4n) is 3.34. The van der Waals surface area contributed by atoms with Crippen LogP contribution in [-0.4, -0.2) is 50.0 Å². The Labute approximate surface area is 161 Å². The Hall–Kier alpha value is -3.49. The number of carboxylic acid groups (broad SMARTS) is 1. The number of hydrogen-bond donors (Lipinski definition) is 3. The van der Waals surface area contributed by atoms with Crippen LogP contribution in [0.3, 0.4) is 0 Å². The maximum atomic E-state index is 12.5. The van der Waals surface area contributed by atoms with Crippen LogP contribution in [0.25, 0.3) is 0 Å². The van der Waals surface area contributed by atoms with E-state index in [0.29, 0.717) is 12.0 Å². The summed E-state index contributed by atoms with van der Waals surface area (Å²) in [5.74, 6) is -2.27. The van der Waals surface area contributed by atoms with E-state index in [1.165, 1.54) is 6.20 Å². The smallest absolute Gasteiger partial charge is 0.327 e. The van der Waals surface area contributed by atoms with Gasteiger partial charge in [0.05, 0.1) is 5.92 Å².